The molecule has 2 rings (SSSR count). The first-order valence-electron chi connectivity index (χ1n) is 6.14. The Morgan fingerprint density at radius 3 is 2.68 bits per heavy atom. The van der Waals surface area contributed by atoms with Gasteiger partial charge in [-0.3, -0.25) is 0 Å². The van der Waals surface area contributed by atoms with Crippen molar-refractivity contribution < 1.29 is 17.9 Å². The summed E-state index contributed by atoms with van der Waals surface area (Å²) in [5.41, 5.74) is -0.0938. The number of nitrogens with zero attached hydrogens (tertiary/aromatic N) is 2. The largest absolute Gasteiger partial charge is 0.462 e. The number of ether oxygens (including phenoxy) is 1. The molecular weight excluding hydrogens is 292 g/mol. The average Bonchev–Trinajstić information content (AvgIpc) is 2.97. The van der Waals surface area contributed by atoms with E-state index < -0.39 is 15.0 Å². The van der Waals surface area contributed by atoms with E-state index in [9.17, 15) is 13.2 Å². The molecule has 0 bridgehead atoms. The van der Waals surface area contributed by atoms with Crippen LogP contribution in [0.1, 0.15) is 49.0 Å². The highest BCUT2D eigenvalue weighted by atomic mass is 35.7. The van der Waals surface area contributed by atoms with Crippen LogP contribution >= 0.6 is 10.7 Å². The van der Waals surface area contributed by atoms with E-state index in [2.05, 4.69) is 5.10 Å². The zero-order valence-electron chi connectivity index (χ0n) is 10.5. The number of rotatable bonds is 4. The van der Waals surface area contributed by atoms with E-state index in [0.717, 1.165) is 25.7 Å². The van der Waals surface area contributed by atoms with Crippen LogP contribution < -0.4 is 0 Å². The van der Waals surface area contributed by atoms with Gasteiger partial charge in [-0.25, -0.2) is 17.9 Å². The van der Waals surface area contributed by atoms with Crippen molar-refractivity contribution >= 4 is 25.7 Å². The van der Waals surface area contributed by atoms with Crippen LogP contribution in [-0.2, 0) is 13.8 Å². The Hall–Kier alpha value is -1.08. The first-order chi connectivity index (χ1) is 8.95. The summed E-state index contributed by atoms with van der Waals surface area (Å²) in [6.45, 7) is 1.81. The number of hydrogen-bond acceptors (Lipinski definition) is 5. The van der Waals surface area contributed by atoms with E-state index in [4.69, 9.17) is 15.4 Å². The fourth-order valence-electron chi connectivity index (χ4n) is 2.35. The second kappa shape index (κ2) is 5.50. The average molecular weight is 307 g/mol. The number of halogens is 1. The lowest BCUT2D eigenvalue weighted by Crippen LogP contribution is -2.15. The number of hydrogen-bond donors (Lipinski definition) is 0. The van der Waals surface area contributed by atoms with Crippen LogP contribution in [0.2, 0.25) is 0 Å². The SMILES string of the molecule is CCOC(=O)c1cnn(C2CCCC2)c1S(=O)(=O)Cl. The number of aromatic nitrogens is 2. The molecule has 1 heterocycles. The van der Waals surface area contributed by atoms with Gasteiger partial charge < -0.3 is 4.74 Å². The van der Waals surface area contributed by atoms with E-state index in [1.54, 1.807) is 6.92 Å². The maximum absolute atomic E-state index is 11.7. The molecule has 19 heavy (non-hydrogen) atoms. The second-order valence-corrected chi connectivity index (χ2v) is 6.89. The molecular formula is C11H15ClN2O4S. The summed E-state index contributed by atoms with van der Waals surface area (Å²) in [6, 6.07) is -0.0216. The predicted octanol–water partition coefficient (Wildman–Crippen LogP) is 2.10. The molecule has 0 atom stereocenters. The lowest BCUT2D eigenvalue weighted by atomic mass is 10.2. The normalized spacial score (nSPS) is 16.7. The van der Waals surface area contributed by atoms with Gasteiger partial charge in [0.1, 0.15) is 5.56 Å². The molecule has 1 aliphatic carbocycles. The molecule has 0 unspecified atom stereocenters. The smallest absolute Gasteiger partial charge is 0.342 e. The van der Waals surface area contributed by atoms with Gasteiger partial charge in [0.25, 0.3) is 9.05 Å². The molecule has 8 heteroatoms. The van der Waals surface area contributed by atoms with Crippen molar-refractivity contribution in [3.8, 4) is 0 Å². The summed E-state index contributed by atoms with van der Waals surface area (Å²) in [7, 11) is 1.39. The summed E-state index contributed by atoms with van der Waals surface area (Å²) in [5, 5.41) is 3.77. The van der Waals surface area contributed by atoms with Crippen molar-refractivity contribution in [1.29, 1.82) is 0 Å². The van der Waals surface area contributed by atoms with Crippen molar-refractivity contribution in [1.82, 2.24) is 9.78 Å². The standard InChI is InChI=1S/C11H15ClN2O4S/c1-2-18-11(15)9-7-13-14(8-5-3-4-6-8)10(9)19(12,16)17/h7-8H,2-6H2,1H3. The van der Waals surface area contributed by atoms with Crippen LogP contribution in [0.15, 0.2) is 11.2 Å². The Kier molecular flexibility index (Phi) is 4.15. The molecule has 0 saturated heterocycles. The van der Waals surface area contributed by atoms with Crippen LogP contribution in [0.25, 0.3) is 0 Å². The minimum Gasteiger partial charge on any atom is -0.462 e. The highest BCUT2D eigenvalue weighted by Gasteiger charge is 2.31. The van der Waals surface area contributed by atoms with Crippen molar-refractivity contribution in [2.75, 3.05) is 6.61 Å². The monoisotopic (exact) mass is 306 g/mol. The van der Waals surface area contributed by atoms with Crippen molar-refractivity contribution in [3.63, 3.8) is 0 Å². The van der Waals surface area contributed by atoms with Crippen molar-refractivity contribution in [3.05, 3.63) is 11.8 Å². The number of carbonyl (C=O) groups is 1. The Balaban J connectivity index is 2.48. The van der Waals surface area contributed by atoms with E-state index in [1.807, 2.05) is 0 Å². The second-order valence-electron chi connectivity index (χ2n) is 4.40. The van der Waals surface area contributed by atoms with Crippen molar-refractivity contribution in [2.45, 2.75) is 43.7 Å². The zero-order valence-corrected chi connectivity index (χ0v) is 12.1. The highest BCUT2D eigenvalue weighted by Crippen LogP contribution is 2.33. The zero-order chi connectivity index (χ0) is 14.0. The molecule has 1 aliphatic rings. The van der Waals surface area contributed by atoms with Gasteiger partial charge in [0.05, 0.1) is 18.8 Å². The van der Waals surface area contributed by atoms with Gasteiger partial charge in [0.15, 0.2) is 5.03 Å². The van der Waals surface area contributed by atoms with Crippen LogP contribution in [0.3, 0.4) is 0 Å². The lowest BCUT2D eigenvalue weighted by Gasteiger charge is -2.12. The van der Waals surface area contributed by atoms with Gasteiger partial charge >= 0.3 is 5.97 Å². The lowest BCUT2D eigenvalue weighted by molar-refractivity contribution is 0.0521. The molecule has 0 N–H and O–H groups in total. The minimum absolute atomic E-state index is 0.0216. The topological polar surface area (TPSA) is 78.3 Å². The molecule has 0 aromatic carbocycles. The van der Waals surface area contributed by atoms with Crippen LogP contribution in [0, 0.1) is 0 Å². The molecule has 1 aromatic rings. The van der Waals surface area contributed by atoms with Gasteiger partial charge in [-0.05, 0) is 19.8 Å². The first-order valence-corrected chi connectivity index (χ1v) is 8.45. The maximum atomic E-state index is 11.7. The van der Waals surface area contributed by atoms with Gasteiger partial charge in [0, 0.05) is 10.7 Å². The molecule has 1 saturated carbocycles. The van der Waals surface area contributed by atoms with E-state index in [-0.39, 0.29) is 23.2 Å². The highest BCUT2D eigenvalue weighted by molar-refractivity contribution is 8.13. The fraction of sp³-hybridized carbons (Fsp3) is 0.636. The molecule has 6 nitrogen and oxygen atoms in total. The summed E-state index contributed by atoms with van der Waals surface area (Å²) in [5.74, 6) is -0.717. The van der Waals surface area contributed by atoms with Gasteiger partial charge in [-0.2, -0.15) is 5.10 Å². The minimum atomic E-state index is -4.05. The van der Waals surface area contributed by atoms with Gasteiger partial charge in [0.2, 0.25) is 0 Å². The third-order valence-corrected chi connectivity index (χ3v) is 4.45. The molecule has 0 aliphatic heterocycles. The Labute approximate surface area is 116 Å². The van der Waals surface area contributed by atoms with Crippen LogP contribution in [0.5, 0.6) is 0 Å². The predicted molar refractivity (Wildman–Crippen MR) is 68.7 cm³/mol. The first kappa shape index (κ1) is 14.3. The molecule has 106 valence electrons. The third-order valence-electron chi connectivity index (χ3n) is 3.15. The van der Waals surface area contributed by atoms with Gasteiger partial charge in [-0.1, -0.05) is 12.8 Å². The molecule has 1 aromatic heterocycles. The van der Waals surface area contributed by atoms with E-state index in [0.29, 0.717) is 0 Å². The summed E-state index contributed by atoms with van der Waals surface area (Å²) < 4.78 is 29.6. The molecule has 0 amide bonds. The number of esters is 1. The fourth-order valence-corrected chi connectivity index (χ4v) is 3.63. The van der Waals surface area contributed by atoms with E-state index >= 15 is 0 Å². The Bertz CT molecular complexity index is 576. The molecule has 1 fully saturated rings. The quantitative estimate of drug-likeness (QED) is 0.629. The summed E-state index contributed by atoms with van der Waals surface area (Å²) >= 11 is 0. The van der Waals surface area contributed by atoms with E-state index in [1.165, 1.54) is 10.9 Å². The Morgan fingerprint density at radius 1 is 1.53 bits per heavy atom. The van der Waals surface area contributed by atoms with Gasteiger partial charge in [-0.15, -0.1) is 0 Å². The Morgan fingerprint density at radius 2 is 2.16 bits per heavy atom. The summed E-state index contributed by atoms with van der Waals surface area (Å²) in [6.07, 6.45) is 4.92. The molecule has 0 radical (unpaired) electrons. The third kappa shape index (κ3) is 2.92. The maximum Gasteiger partial charge on any atom is 0.342 e. The molecule has 0 spiro atoms. The number of carbonyl (C=O) groups excluding carboxylic acids is 1. The van der Waals surface area contributed by atoms with Crippen LogP contribution in [0.4, 0.5) is 0 Å². The summed E-state index contributed by atoms with van der Waals surface area (Å²) in [4.78, 5) is 11.7. The van der Waals surface area contributed by atoms with Crippen LogP contribution in [-0.4, -0.2) is 30.8 Å². The van der Waals surface area contributed by atoms with Crippen molar-refractivity contribution in [2.24, 2.45) is 0 Å².